The van der Waals surface area contributed by atoms with E-state index in [0.29, 0.717) is 19.5 Å². The Bertz CT molecular complexity index is 965. The molecule has 0 N–H and O–H groups in total. The minimum absolute atomic E-state index is 0.0192. The first kappa shape index (κ1) is 18.7. The monoisotopic (exact) mass is 417 g/mol. The standard InChI is InChI=1S/C20H23N3O5S/c24-18(22-9-11-29(26,27)12-10-22)16-15-1-5-20(28-15)13-23(19(25)17(16)20)8-4-14-2-6-21-7-3-14/h1-3,5-7,15-17H,4,8-13H2/t15-,16-,17+,20-/m0/s1. The topological polar surface area (TPSA) is 96.9 Å². The quantitative estimate of drug-likeness (QED) is 0.622. The summed E-state index contributed by atoms with van der Waals surface area (Å²) in [6, 6.07) is 3.86. The van der Waals surface area contributed by atoms with Crippen molar-refractivity contribution in [3.8, 4) is 0 Å². The van der Waals surface area contributed by atoms with E-state index < -0.39 is 33.4 Å². The number of likely N-dealkylation sites (tertiary alicyclic amines) is 1. The number of amides is 2. The van der Waals surface area contributed by atoms with Crippen LogP contribution in [0.4, 0.5) is 0 Å². The van der Waals surface area contributed by atoms with E-state index in [1.807, 2.05) is 24.3 Å². The fourth-order valence-corrected chi connectivity index (χ4v) is 6.21. The lowest BCUT2D eigenvalue weighted by molar-refractivity contribution is -0.143. The molecule has 1 aromatic rings. The summed E-state index contributed by atoms with van der Waals surface area (Å²) in [6.45, 7) is 1.39. The first-order valence-electron chi connectivity index (χ1n) is 9.93. The number of aromatic nitrogens is 1. The Balaban J connectivity index is 1.32. The van der Waals surface area contributed by atoms with Crippen LogP contribution in [0.3, 0.4) is 0 Å². The van der Waals surface area contributed by atoms with Gasteiger partial charge in [-0.05, 0) is 24.1 Å². The van der Waals surface area contributed by atoms with Crippen molar-refractivity contribution in [1.82, 2.24) is 14.8 Å². The lowest BCUT2D eigenvalue weighted by Gasteiger charge is -2.32. The summed E-state index contributed by atoms with van der Waals surface area (Å²) < 4.78 is 29.5. The van der Waals surface area contributed by atoms with Gasteiger partial charge in [-0.1, -0.05) is 12.2 Å². The molecule has 1 spiro atoms. The van der Waals surface area contributed by atoms with Crippen LogP contribution in [0.1, 0.15) is 5.56 Å². The zero-order valence-corrected chi connectivity index (χ0v) is 16.8. The molecule has 3 fully saturated rings. The molecule has 0 aromatic carbocycles. The van der Waals surface area contributed by atoms with Crippen LogP contribution in [0, 0.1) is 11.8 Å². The van der Waals surface area contributed by atoms with Crippen molar-refractivity contribution in [1.29, 1.82) is 0 Å². The molecule has 0 saturated carbocycles. The number of ether oxygens (including phenoxy) is 1. The zero-order valence-electron chi connectivity index (χ0n) is 15.9. The Morgan fingerprint density at radius 2 is 1.97 bits per heavy atom. The van der Waals surface area contributed by atoms with Gasteiger partial charge in [-0.2, -0.15) is 0 Å². The highest BCUT2D eigenvalue weighted by atomic mass is 32.2. The summed E-state index contributed by atoms with van der Waals surface area (Å²) in [7, 11) is -3.07. The van der Waals surface area contributed by atoms with E-state index in [1.54, 1.807) is 22.2 Å². The van der Waals surface area contributed by atoms with Crippen molar-refractivity contribution < 1.29 is 22.7 Å². The number of hydrogen-bond donors (Lipinski definition) is 0. The van der Waals surface area contributed by atoms with Gasteiger partial charge in [0, 0.05) is 32.0 Å². The third kappa shape index (κ3) is 3.07. The van der Waals surface area contributed by atoms with Crippen molar-refractivity contribution in [3.05, 3.63) is 42.2 Å². The SMILES string of the molecule is O=C([C@H]1[C@@H]2C=C[C@@]3(CN(CCc4ccncc4)C(=O)[C@@H]13)O2)N1CCS(=O)(=O)CC1. The minimum atomic E-state index is -3.07. The average Bonchev–Trinajstić information content (AvgIpc) is 3.35. The van der Waals surface area contributed by atoms with Crippen LogP contribution < -0.4 is 0 Å². The van der Waals surface area contributed by atoms with Crippen LogP contribution in [0.2, 0.25) is 0 Å². The molecule has 3 saturated heterocycles. The molecule has 29 heavy (non-hydrogen) atoms. The Labute approximate surface area is 169 Å². The van der Waals surface area contributed by atoms with E-state index >= 15 is 0 Å². The third-order valence-electron chi connectivity index (χ3n) is 6.54. The largest absolute Gasteiger partial charge is 0.360 e. The molecule has 2 bridgehead atoms. The summed E-state index contributed by atoms with van der Waals surface area (Å²) in [5, 5.41) is 0. The summed E-state index contributed by atoms with van der Waals surface area (Å²) in [4.78, 5) is 33.8. The van der Waals surface area contributed by atoms with Crippen LogP contribution in [-0.4, -0.2) is 84.4 Å². The van der Waals surface area contributed by atoms with Gasteiger partial charge in [0.05, 0.1) is 36.0 Å². The van der Waals surface area contributed by atoms with Gasteiger partial charge in [-0.25, -0.2) is 8.42 Å². The highest BCUT2D eigenvalue weighted by Crippen LogP contribution is 2.52. The van der Waals surface area contributed by atoms with Crippen LogP contribution >= 0.6 is 0 Å². The fourth-order valence-electron chi connectivity index (χ4n) is 5.01. The van der Waals surface area contributed by atoms with Crippen molar-refractivity contribution in [2.75, 3.05) is 37.7 Å². The number of nitrogens with zero attached hydrogens (tertiary/aromatic N) is 3. The zero-order chi connectivity index (χ0) is 20.2. The molecule has 5 heterocycles. The molecule has 4 aliphatic rings. The van der Waals surface area contributed by atoms with Gasteiger partial charge in [-0.3, -0.25) is 14.6 Å². The van der Waals surface area contributed by atoms with Gasteiger partial charge in [0.2, 0.25) is 11.8 Å². The molecule has 9 heteroatoms. The van der Waals surface area contributed by atoms with Crippen LogP contribution in [0.15, 0.2) is 36.7 Å². The van der Waals surface area contributed by atoms with E-state index in [4.69, 9.17) is 4.74 Å². The van der Waals surface area contributed by atoms with E-state index in [-0.39, 0.29) is 36.4 Å². The summed E-state index contributed by atoms with van der Waals surface area (Å²) in [6.07, 6.45) is 7.60. The molecule has 4 aliphatic heterocycles. The fraction of sp³-hybridized carbons (Fsp3) is 0.550. The van der Waals surface area contributed by atoms with Crippen molar-refractivity contribution in [2.24, 2.45) is 11.8 Å². The first-order valence-corrected chi connectivity index (χ1v) is 11.7. The molecule has 8 nitrogen and oxygen atoms in total. The smallest absolute Gasteiger partial charge is 0.230 e. The van der Waals surface area contributed by atoms with E-state index in [1.165, 1.54) is 0 Å². The minimum Gasteiger partial charge on any atom is -0.360 e. The van der Waals surface area contributed by atoms with Gasteiger partial charge in [0.15, 0.2) is 9.84 Å². The van der Waals surface area contributed by atoms with Gasteiger partial charge >= 0.3 is 0 Å². The van der Waals surface area contributed by atoms with Gasteiger partial charge in [0.25, 0.3) is 0 Å². The van der Waals surface area contributed by atoms with Gasteiger partial charge in [0.1, 0.15) is 5.60 Å². The van der Waals surface area contributed by atoms with Crippen molar-refractivity contribution in [2.45, 2.75) is 18.1 Å². The molecule has 4 atom stereocenters. The predicted molar refractivity (Wildman–Crippen MR) is 103 cm³/mol. The number of carbonyl (C=O) groups excluding carboxylic acids is 2. The summed E-state index contributed by atoms with van der Waals surface area (Å²) in [5.74, 6) is -1.34. The van der Waals surface area contributed by atoms with Crippen LogP contribution in [0.5, 0.6) is 0 Å². The number of fused-ring (bicyclic) bond motifs is 1. The van der Waals surface area contributed by atoms with Gasteiger partial charge in [-0.15, -0.1) is 0 Å². The third-order valence-corrected chi connectivity index (χ3v) is 8.15. The van der Waals surface area contributed by atoms with Crippen LogP contribution in [-0.2, 0) is 30.6 Å². The Kier molecular flexibility index (Phi) is 4.29. The number of hydrogen-bond acceptors (Lipinski definition) is 6. The lowest BCUT2D eigenvalue weighted by atomic mass is 9.76. The predicted octanol–water partition coefficient (Wildman–Crippen LogP) is -0.337. The van der Waals surface area contributed by atoms with E-state index in [2.05, 4.69) is 4.98 Å². The second kappa shape index (κ2) is 6.63. The maximum Gasteiger partial charge on any atom is 0.230 e. The number of pyridine rings is 1. The average molecular weight is 417 g/mol. The molecule has 5 rings (SSSR count). The Hall–Kier alpha value is -2.26. The summed E-state index contributed by atoms with van der Waals surface area (Å²) in [5.41, 5.74) is 0.368. The number of sulfone groups is 1. The van der Waals surface area contributed by atoms with E-state index in [9.17, 15) is 18.0 Å². The summed E-state index contributed by atoms with van der Waals surface area (Å²) >= 11 is 0. The molecule has 1 aromatic heterocycles. The second-order valence-electron chi connectivity index (χ2n) is 8.24. The first-order chi connectivity index (χ1) is 13.9. The molecular formula is C20H23N3O5S. The molecule has 0 radical (unpaired) electrons. The molecule has 0 aliphatic carbocycles. The van der Waals surface area contributed by atoms with Gasteiger partial charge < -0.3 is 14.5 Å². The number of carbonyl (C=O) groups is 2. The maximum absolute atomic E-state index is 13.2. The highest BCUT2D eigenvalue weighted by molar-refractivity contribution is 7.91. The molecular weight excluding hydrogens is 394 g/mol. The van der Waals surface area contributed by atoms with Crippen molar-refractivity contribution in [3.63, 3.8) is 0 Å². The molecule has 154 valence electrons. The second-order valence-corrected chi connectivity index (χ2v) is 10.5. The molecule has 0 unspecified atom stereocenters. The highest BCUT2D eigenvalue weighted by Gasteiger charge is 2.67. The maximum atomic E-state index is 13.2. The Morgan fingerprint density at radius 3 is 2.69 bits per heavy atom. The van der Waals surface area contributed by atoms with E-state index in [0.717, 1.165) is 5.56 Å². The van der Waals surface area contributed by atoms with Crippen LogP contribution in [0.25, 0.3) is 0 Å². The lowest BCUT2D eigenvalue weighted by Crippen LogP contribution is -2.50. The van der Waals surface area contributed by atoms with Crippen molar-refractivity contribution >= 4 is 21.7 Å². The Morgan fingerprint density at radius 1 is 1.24 bits per heavy atom. The number of rotatable bonds is 4. The molecule has 2 amide bonds. The normalized spacial score (nSPS) is 34.6.